The van der Waals surface area contributed by atoms with Crippen LogP contribution in [0, 0.1) is 0 Å². The lowest BCUT2D eigenvalue weighted by Crippen LogP contribution is -2.38. The maximum absolute atomic E-state index is 11.7. The summed E-state index contributed by atoms with van der Waals surface area (Å²) in [6.07, 6.45) is 3.73. The first-order chi connectivity index (χ1) is 8.58. The fourth-order valence-electron chi connectivity index (χ4n) is 1.99. The smallest absolute Gasteiger partial charge is 0.325 e. The standard InChI is InChI=1S/C14H17NO3/c1-9(14(17)18)15-13(16)12-7-5-11(6-8-12)10-3-2-4-10/h5-10H,2-4H2,1H3,(H,15,16)(H,17,18)/t9-/m0/s1. The topological polar surface area (TPSA) is 66.4 Å². The Labute approximate surface area is 106 Å². The highest BCUT2D eigenvalue weighted by atomic mass is 16.4. The van der Waals surface area contributed by atoms with Crippen LogP contribution in [0.15, 0.2) is 24.3 Å². The number of hydrogen-bond donors (Lipinski definition) is 2. The number of carbonyl (C=O) groups excluding carboxylic acids is 1. The number of benzene rings is 1. The molecule has 4 heteroatoms. The molecule has 2 N–H and O–H groups in total. The van der Waals surface area contributed by atoms with Gasteiger partial charge in [-0.2, -0.15) is 0 Å². The molecule has 0 heterocycles. The first-order valence-corrected chi connectivity index (χ1v) is 6.21. The number of carbonyl (C=O) groups is 2. The van der Waals surface area contributed by atoms with Gasteiger partial charge in [-0.15, -0.1) is 0 Å². The minimum Gasteiger partial charge on any atom is -0.480 e. The highest BCUT2D eigenvalue weighted by Gasteiger charge is 2.20. The van der Waals surface area contributed by atoms with Crippen LogP contribution in [0.4, 0.5) is 0 Å². The summed E-state index contributed by atoms with van der Waals surface area (Å²) >= 11 is 0. The summed E-state index contributed by atoms with van der Waals surface area (Å²) in [5.74, 6) is -0.737. The molecule has 0 unspecified atom stereocenters. The normalized spacial score (nSPS) is 16.7. The zero-order chi connectivity index (χ0) is 13.1. The van der Waals surface area contributed by atoms with Crippen LogP contribution in [0.5, 0.6) is 0 Å². The van der Waals surface area contributed by atoms with E-state index >= 15 is 0 Å². The lowest BCUT2D eigenvalue weighted by molar-refractivity contribution is -0.138. The molecule has 0 saturated heterocycles. The third-order valence-corrected chi connectivity index (χ3v) is 3.47. The Balaban J connectivity index is 2.00. The molecule has 1 atom stereocenters. The Morgan fingerprint density at radius 3 is 2.33 bits per heavy atom. The van der Waals surface area contributed by atoms with E-state index in [4.69, 9.17) is 5.11 Å². The number of amides is 1. The van der Waals surface area contributed by atoms with Crippen molar-refractivity contribution in [1.29, 1.82) is 0 Å². The van der Waals surface area contributed by atoms with E-state index in [1.807, 2.05) is 12.1 Å². The second-order valence-corrected chi connectivity index (χ2v) is 4.78. The summed E-state index contributed by atoms with van der Waals surface area (Å²) in [4.78, 5) is 22.4. The molecule has 0 aromatic heterocycles. The second-order valence-electron chi connectivity index (χ2n) is 4.78. The molecule has 0 spiro atoms. The third kappa shape index (κ3) is 2.70. The summed E-state index contributed by atoms with van der Waals surface area (Å²) in [7, 11) is 0. The van der Waals surface area contributed by atoms with Crippen LogP contribution in [0.2, 0.25) is 0 Å². The zero-order valence-electron chi connectivity index (χ0n) is 10.3. The van der Waals surface area contributed by atoms with Gasteiger partial charge in [0.15, 0.2) is 0 Å². The fourth-order valence-corrected chi connectivity index (χ4v) is 1.99. The lowest BCUT2D eigenvalue weighted by Gasteiger charge is -2.25. The van der Waals surface area contributed by atoms with Crippen LogP contribution in [-0.4, -0.2) is 23.0 Å². The summed E-state index contributed by atoms with van der Waals surface area (Å²) in [5.41, 5.74) is 1.77. The van der Waals surface area contributed by atoms with Crippen LogP contribution in [0.25, 0.3) is 0 Å². The number of rotatable bonds is 4. The molecule has 1 fully saturated rings. The molecule has 0 radical (unpaired) electrons. The summed E-state index contributed by atoms with van der Waals surface area (Å²) in [5, 5.41) is 11.2. The molecule has 0 bridgehead atoms. The quantitative estimate of drug-likeness (QED) is 0.856. The molecular formula is C14H17NO3. The van der Waals surface area contributed by atoms with Crippen molar-refractivity contribution in [3.63, 3.8) is 0 Å². The Bertz CT molecular complexity index is 449. The van der Waals surface area contributed by atoms with Gasteiger partial charge in [0.25, 0.3) is 5.91 Å². The Kier molecular flexibility index (Phi) is 3.65. The Hall–Kier alpha value is -1.84. The van der Waals surface area contributed by atoms with E-state index in [-0.39, 0.29) is 5.91 Å². The van der Waals surface area contributed by atoms with Crippen LogP contribution < -0.4 is 5.32 Å². The van der Waals surface area contributed by atoms with E-state index in [0.717, 1.165) is 0 Å². The molecule has 4 nitrogen and oxygen atoms in total. The Morgan fingerprint density at radius 1 is 1.28 bits per heavy atom. The van der Waals surface area contributed by atoms with Crippen molar-refractivity contribution < 1.29 is 14.7 Å². The molecule has 1 aliphatic rings. The number of hydrogen-bond acceptors (Lipinski definition) is 2. The molecule has 1 saturated carbocycles. The van der Waals surface area contributed by atoms with Crippen LogP contribution in [0.3, 0.4) is 0 Å². The van der Waals surface area contributed by atoms with E-state index < -0.39 is 12.0 Å². The van der Waals surface area contributed by atoms with Crippen molar-refractivity contribution >= 4 is 11.9 Å². The average Bonchev–Trinajstić information content (AvgIpc) is 2.27. The first kappa shape index (κ1) is 12.6. The molecule has 96 valence electrons. The van der Waals surface area contributed by atoms with Gasteiger partial charge in [-0.1, -0.05) is 18.6 Å². The fraction of sp³-hybridized carbons (Fsp3) is 0.429. The zero-order valence-corrected chi connectivity index (χ0v) is 10.3. The molecular weight excluding hydrogens is 230 g/mol. The Morgan fingerprint density at radius 2 is 1.89 bits per heavy atom. The van der Waals surface area contributed by atoms with E-state index in [9.17, 15) is 9.59 Å². The van der Waals surface area contributed by atoms with E-state index in [1.54, 1.807) is 12.1 Å². The van der Waals surface area contributed by atoms with Crippen molar-refractivity contribution in [1.82, 2.24) is 5.32 Å². The van der Waals surface area contributed by atoms with Gasteiger partial charge in [-0.3, -0.25) is 9.59 Å². The van der Waals surface area contributed by atoms with Gasteiger partial charge in [0.1, 0.15) is 6.04 Å². The molecule has 1 aromatic rings. The molecule has 1 aromatic carbocycles. The van der Waals surface area contributed by atoms with Gasteiger partial charge in [-0.25, -0.2) is 0 Å². The monoisotopic (exact) mass is 247 g/mol. The van der Waals surface area contributed by atoms with Gasteiger partial charge in [0, 0.05) is 5.56 Å². The summed E-state index contributed by atoms with van der Waals surface area (Å²) in [6, 6.07) is 6.58. The second kappa shape index (κ2) is 5.21. The third-order valence-electron chi connectivity index (χ3n) is 3.47. The molecule has 1 amide bonds. The van der Waals surface area contributed by atoms with E-state index in [0.29, 0.717) is 11.5 Å². The van der Waals surface area contributed by atoms with Gasteiger partial charge < -0.3 is 10.4 Å². The number of aliphatic carboxylic acids is 1. The van der Waals surface area contributed by atoms with Crippen LogP contribution in [0.1, 0.15) is 48.0 Å². The highest BCUT2D eigenvalue weighted by molar-refractivity contribution is 5.96. The lowest BCUT2D eigenvalue weighted by atomic mass is 9.80. The summed E-state index contributed by atoms with van der Waals surface area (Å²) < 4.78 is 0. The predicted octanol–water partition coefficient (Wildman–Crippen LogP) is 2.16. The maximum atomic E-state index is 11.7. The van der Waals surface area contributed by atoms with Crippen LogP contribution >= 0.6 is 0 Å². The summed E-state index contributed by atoms with van der Waals surface area (Å²) in [6.45, 7) is 1.45. The predicted molar refractivity (Wildman–Crippen MR) is 67.6 cm³/mol. The number of nitrogens with one attached hydrogen (secondary N) is 1. The maximum Gasteiger partial charge on any atom is 0.325 e. The minimum atomic E-state index is -1.03. The van der Waals surface area contributed by atoms with Gasteiger partial charge in [-0.05, 0) is 43.4 Å². The van der Waals surface area contributed by atoms with Crippen molar-refractivity contribution in [2.24, 2.45) is 0 Å². The SMILES string of the molecule is C[C@H](NC(=O)c1ccc(C2CCC2)cc1)C(=O)O. The number of carboxylic acid groups (broad SMARTS) is 1. The van der Waals surface area contributed by atoms with E-state index in [2.05, 4.69) is 5.32 Å². The van der Waals surface area contributed by atoms with Crippen molar-refractivity contribution in [2.75, 3.05) is 0 Å². The van der Waals surface area contributed by atoms with Crippen LogP contribution in [-0.2, 0) is 4.79 Å². The van der Waals surface area contributed by atoms with Crippen molar-refractivity contribution in [3.8, 4) is 0 Å². The molecule has 0 aliphatic heterocycles. The van der Waals surface area contributed by atoms with Crippen molar-refractivity contribution in [2.45, 2.75) is 38.1 Å². The van der Waals surface area contributed by atoms with Gasteiger partial charge in [0.05, 0.1) is 0 Å². The molecule has 2 rings (SSSR count). The first-order valence-electron chi connectivity index (χ1n) is 6.21. The van der Waals surface area contributed by atoms with Gasteiger partial charge in [0.2, 0.25) is 0 Å². The minimum absolute atomic E-state index is 0.343. The highest BCUT2D eigenvalue weighted by Crippen LogP contribution is 2.36. The molecule has 18 heavy (non-hydrogen) atoms. The largest absolute Gasteiger partial charge is 0.480 e. The average molecular weight is 247 g/mol. The molecule has 1 aliphatic carbocycles. The van der Waals surface area contributed by atoms with Crippen molar-refractivity contribution in [3.05, 3.63) is 35.4 Å². The van der Waals surface area contributed by atoms with E-state index in [1.165, 1.54) is 31.7 Å². The van der Waals surface area contributed by atoms with Gasteiger partial charge >= 0.3 is 5.97 Å². The number of carboxylic acids is 1.